The maximum Gasteiger partial charge on any atom is 0.136 e. The fourth-order valence-corrected chi connectivity index (χ4v) is 0.994. The molecular formula is C12H18N2. The summed E-state index contributed by atoms with van der Waals surface area (Å²) >= 11 is 0. The van der Waals surface area contributed by atoms with Gasteiger partial charge in [-0.1, -0.05) is 32.9 Å². The molecule has 0 amide bonds. The number of aromatic nitrogens is 2. The summed E-state index contributed by atoms with van der Waals surface area (Å²) in [6.07, 6.45) is 7.58. The number of rotatable bonds is 2. The Balaban J connectivity index is 3.03. The largest absolute Gasteiger partial charge is 0.307 e. The van der Waals surface area contributed by atoms with Crippen LogP contribution in [0.1, 0.15) is 33.5 Å². The minimum atomic E-state index is 0.197. The molecule has 2 heteroatoms. The van der Waals surface area contributed by atoms with Gasteiger partial charge in [-0.05, 0) is 18.4 Å². The molecule has 0 aliphatic rings. The van der Waals surface area contributed by atoms with E-state index in [1.807, 2.05) is 10.8 Å². The summed E-state index contributed by atoms with van der Waals surface area (Å²) < 4.78 is 1.99. The van der Waals surface area contributed by atoms with Gasteiger partial charge in [-0.15, -0.1) is 0 Å². The van der Waals surface area contributed by atoms with Crippen molar-refractivity contribution in [1.29, 1.82) is 0 Å². The van der Waals surface area contributed by atoms with Gasteiger partial charge in [0, 0.05) is 18.6 Å². The molecule has 1 aromatic heterocycles. The van der Waals surface area contributed by atoms with Crippen molar-refractivity contribution in [2.75, 3.05) is 0 Å². The maximum absolute atomic E-state index is 4.17. The van der Waals surface area contributed by atoms with Crippen molar-refractivity contribution in [3.63, 3.8) is 0 Å². The van der Waals surface area contributed by atoms with E-state index in [4.69, 9.17) is 0 Å². The summed E-state index contributed by atoms with van der Waals surface area (Å²) in [6, 6.07) is 0. The first-order valence-corrected chi connectivity index (χ1v) is 4.79. The van der Waals surface area contributed by atoms with E-state index in [1.54, 1.807) is 12.3 Å². The zero-order valence-corrected chi connectivity index (χ0v) is 9.41. The van der Waals surface area contributed by atoms with Gasteiger partial charge in [0.2, 0.25) is 0 Å². The predicted octanol–water partition coefficient (Wildman–Crippen LogP) is 3.43. The lowest BCUT2D eigenvalue weighted by molar-refractivity contribution is 0.506. The van der Waals surface area contributed by atoms with Crippen molar-refractivity contribution >= 4 is 12.3 Å². The Hall–Kier alpha value is -1.31. The summed E-state index contributed by atoms with van der Waals surface area (Å²) in [4.78, 5) is 4.17. The van der Waals surface area contributed by atoms with E-state index >= 15 is 0 Å². The standard InChI is InChI=1S/C12H18N2/c1-6-11-13-7-8-14(11)9-10(2)12(3,4)5/h6-9H,1H2,2-5H3/b10-9+. The molecule has 0 radical (unpaired) electrons. The smallest absolute Gasteiger partial charge is 0.136 e. The third-order valence-corrected chi connectivity index (χ3v) is 2.40. The second-order valence-corrected chi connectivity index (χ2v) is 4.46. The van der Waals surface area contributed by atoms with E-state index in [0.717, 1.165) is 5.82 Å². The van der Waals surface area contributed by atoms with E-state index < -0.39 is 0 Å². The van der Waals surface area contributed by atoms with Gasteiger partial charge in [-0.25, -0.2) is 4.98 Å². The molecule has 14 heavy (non-hydrogen) atoms. The van der Waals surface area contributed by atoms with Crippen molar-refractivity contribution < 1.29 is 0 Å². The molecule has 0 atom stereocenters. The first-order chi connectivity index (χ1) is 6.45. The summed E-state index contributed by atoms with van der Waals surface area (Å²) in [7, 11) is 0. The van der Waals surface area contributed by atoms with E-state index in [2.05, 4.69) is 45.5 Å². The number of nitrogens with zero attached hydrogens (tertiary/aromatic N) is 2. The molecule has 0 saturated heterocycles. The van der Waals surface area contributed by atoms with Crippen LogP contribution in [0.15, 0.2) is 24.5 Å². The van der Waals surface area contributed by atoms with Crippen LogP contribution in [0.25, 0.3) is 12.3 Å². The average molecular weight is 190 g/mol. The Morgan fingerprint density at radius 3 is 2.64 bits per heavy atom. The van der Waals surface area contributed by atoms with Crippen LogP contribution in [0.2, 0.25) is 0 Å². The van der Waals surface area contributed by atoms with Gasteiger partial charge in [0.15, 0.2) is 0 Å². The average Bonchev–Trinajstić information content (AvgIpc) is 2.50. The number of hydrogen-bond acceptors (Lipinski definition) is 1. The first-order valence-electron chi connectivity index (χ1n) is 4.79. The molecule has 0 aliphatic heterocycles. The number of allylic oxidation sites excluding steroid dienone is 1. The lowest BCUT2D eigenvalue weighted by Gasteiger charge is -2.19. The highest BCUT2D eigenvalue weighted by atomic mass is 15.0. The molecule has 2 nitrogen and oxygen atoms in total. The van der Waals surface area contributed by atoms with Gasteiger partial charge in [0.25, 0.3) is 0 Å². The molecule has 0 unspecified atom stereocenters. The van der Waals surface area contributed by atoms with Gasteiger partial charge >= 0.3 is 0 Å². The first kappa shape index (κ1) is 10.8. The topological polar surface area (TPSA) is 17.8 Å². The SMILES string of the molecule is C=Cc1nccn1/C=C(\C)C(C)(C)C. The van der Waals surface area contributed by atoms with Crippen molar-refractivity contribution in [3.05, 3.63) is 30.4 Å². The summed E-state index contributed by atoms with van der Waals surface area (Å²) in [5.74, 6) is 0.883. The van der Waals surface area contributed by atoms with Gasteiger partial charge in [0.1, 0.15) is 5.82 Å². The quantitative estimate of drug-likeness (QED) is 0.698. The van der Waals surface area contributed by atoms with Gasteiger partial charge < -0.3 is 4.57 Å². The molecule has 1 rings (SSSR count). The Bertz CT molecular complexity index is 351. The van der Waals surface area contributed by atoms with Crippen LogP contribution in [-0.4, -0.2) is 9.55 Å². The molecule has 0 bridgehead atoms. The molecule has 0 N–H and O–H groups in total. The Morgan fingerprint density at radius 1 is 1.50 bits per heavy atom. The lowest BCUT2D eigenvalue weighted by atomic mass is 9.88. The fourth-order valence-electron chi connectivity index (χ4n) is 0.994. The summed E-state index contributed by atoms with van der Waals surface area (Å²) in [5.41, 5.74) is 1.52. The van der Waals surface area contributed by atoms with E-state index in [-0.39, 0.29) is 5.41 Å². The zero-order valence-electron chi connectivity index (χ0n) is 9.41. The fraction of sp³-hybridized carbons (Fsp3) is 0.417. The Labute approximate surface area is 86.0 Å². The predicted molar refractivity (Wildman–Crippen MR) is 61.7 cm³/mol. The van der Waals surface area contributed by atoms with Crippen molar-refractivity contribution in [2.45, 2.75) is 27.7 Å². The van der Waals surface area contributed by atoms with Gasteiger partial charge in [-0.3, -0.25) is 0 Å². The van der Waals surface area contributed by atoms with Crippen LogP contribution in [0.3, 0.4) is 0 Å². The monoisotopic (exact) mass is 190 g/mol. The molecule has 1 aromatic rings. The molecule has 0 saturated carbocycles. The Morgan fingerprint density at radius 2 is 2.14 bits per heavy atom. The van der Waals surface area contributed by atoms with E-state index in [0.29, 0.717) is 0 Å². The molecule has 0 aliphatic carbocycles. The highest BCUT2D eigenvalue weighted by Gasteiger charge is 2.12. The molecule has 76 valence electrons. The van der Waals surface area contributed by atoms with Crippen LogP contribution in [0.5, 0.6) is 0 Å². The van der Waals surface area contributed by atoms with Crippen LogP contribution in [-0.2, 0) is 0 Å². The highest BCUT2D eigenvalue weighted by Crippen LogP contribution is 2.25. The van der Waals surface area contributed by atoms with Crippen LogP contribution < -0.4 is 0 Å². The normalized spacial score (nSPS) is 13.0. The third kappa shape index (κ3) is 2.34. The van der Waals surface area contributed by atoms with E-state index in [9.17, 15) is 0 Å². The Kier molecular flexibility index (Phi) is 2.94. The number of imidazole rings is 1. The van der Waals surface area contributed by atoms with Crippen LogP contribution >= 0.6 is 0 Å². The van der Waals surface area contributed by atoms with Crippen LogP contribution in [0, 0.1) is 5.41 Å². The minimum Gasteiger partial charge on any atom is -0.307 e. The van der Waals surface area contributed by atoms with E-state index in [1.165, 1.54) is 5.57 Å². The number of hydrogen-bond donors (Lipinski definition) is 0. The summed E-state index contributed by atoms with van der Waals surface area (Å²) in [5, 5.41) is 0. The van der Waals surface area contributed by atoms with Crippen LogP contribution in [0.4, 0.5) is 0 Å². The molecule has 0 spiro atoms. The third-order valence-electron chi connectivity index (χ3n) is 2.40. The lowest BCUT2D eigenvalue weighted by Crippen LogP contribution is -2.07. The highest BCUT2D eigenvalue weighted by molar-refractivity contribution is 5.44. The second-order valence-electron chi connectivity index (χ2n) is 4.46. The summed E-state index contributed by atoms with van der Waals surface area (Å²) in [6.45, 7) is 12.4. The minimum absolute atomic E-state index is 0.197. The van der Waals surface area contributed by atoms with Gasteiger partial charge in [-0.2, -0.15) is 0 Å². The van der Waals surface area contributed by atoms with Crippen molar-refractivity contribution in [1.82, 2.24) is 9.55 Å². The van der Waals surface area contributed by atoms with Crippen molar-refractivity contribution in [3.8, 4) is 0 Å². The van der Waals surface area contributed by atoms with Gasteiger partial charge in [0.05, 0.1) is 0 Å². The molecule has 0 aromatic carbocycles. The van der Waals surface area contributed by atoms with Crippen molar-refractivity contribution in [2.24, 2.45) is 5.41 Å². The second kappa shape index (κ2) is 3.82. The maximum atomic E-state index is 4.17. The molecular weight excluding hydrogens is 172 g/mol. The zero-order chi connectivity index (χ0) is 10.8. The molecule has 1 heterocycles. The molecule has 0 fully saturated rings.